The van der Waals surface area contributed by atoms with E-state index in [9.17, 15) is 0 Å². The highest BCUT2D eigenvalue weighted by atomic mass is 16.5. The highest BCUT2D eigenvalue weighted by Crippen LogP contribution is 2.10. The second kappa shape index (κ2) is 11.7. The molecule has 0 aromatic heterocycles. The lowest BCUT2D eigenvalue weighted by atomic mass is 10.1. The fourth-order valence-corrected chi connectivity index (χ4v) is 3.00. The average molecular weight is 359 g/mol. The molecule has 5 nitrogen and oxygen atoms in total. The highest BCUT2D eigenvalue weighted by Gasteiger charge is 2.10. The molecular formula is C21H34N4O. The Balaban J connectivity index is 1.62. The van der Waals surface area contributed by atoms with Gasteiger partial charge in [-0.15, -0.1) is 0 Å². The van der Waals surface area contributed by atoms with Crippen LogP contribution in [0.3, 0.4) is 0 Å². The van der Waals surface area contributed by atoms with Crippen molar-refractivity contribution in [3.63, 3.8) is 0 Å². The van der Waals surface area contributed by atoms with Crippen molar-refractivity contribution in [2.45, 2.75) is 38.8 Å². The number of ether oxygens (including phenoxy) is 1. The Hall–Kier alpha value is -1.85. The molecule has 1 unspecified atom stereocenters. The van der Waals surface area contributed by atoms with Crippen LogP contribution in [0.25, 0.3) is 0 Å². The molecule has 1 atom stereocenters. The average Bonchev–Trinajstić information content (AvgIpc) is 2.68. The lowest BCUT2D eigenvalue weighted by molar-refractivity contribution is 0.153. The van der Waals surface area contributed by atoms with Gasteiger partial charge in [0.15, 0.2) is 5.96 Å². The van der Waals surface area contributed by atoms with Crippen LogP contribution in [0.2, 0.25) is 0 Å². The Morgan fingerprint density at radius 1 is 1.23 bits per heavy atom. The molecule has 0 fully saturated rings. The summed E-state index contributed by atoms with van der Waals surface area (Å²) in [5, 5.41) is 6.83. The Bertz CT molecular complexity index is 571. The van der Waals surface area contributed by atoms with Crippen molar-refractivity contribution in [1.82, 2.24) is 15.5 Å². The molecule has 0 amide bonds. The maximum atomic E-state index is 5.34. The molecule has 1 aromatic rings. The minimum absolute atomic E-state index is 0.508. The van der Waals surface area contributed by atoms with Crippen LogP contribution in [0.5, 0.6) is 0 Å². The van der Waals surface area contributed by atoms with E-state index in [4.69, 9.17) is 4.74 Å². The normalized spacial score (nSPS) is 16.3. The Morgan fingerprint density at radius 3 is 2.69 bits per heavy atom. The minimum atomic E-state index is 0.508. The molecule has 0 radical (unpaired) electrons. The zero-order chi connectivity index (χ0) is 18.6. The van der Waals surface area contributed by atoms with Crippen LogP contribution in [0.1, 0.15) is 31.7 Å². The second-order valence-electron chi connectivity index (χ2n) is 6.90. The van der Waals surface area contributed by atoms with Crippen LogP contribution in [-0.4, -0.2) is 57.3 Å². The summed E-state index contributed by atoms with van der Waals surface area (Å²) in [5.41, 5.74) is 2.84. The molecule has 5 heteroatoms. The molecule has 1 aliphatic rings. The van der Waals surface area contributed by atoms with E-state index in [1.165, 1.54) is 11.1 Å². The van der Waals surface area contributed by atoms with Crippen LogP contribution in [-0.2, 0) is 11.3 Å². The first-order valence-corrected chi connectivity index (χ1v) is 9.63. The number of nitrogens with one attached hydrogen (secondary N) is 2. The van der Waals surface area contributed by atoms with Crippen molar-refractivity contribution in [2.75, 3.05) is 40.4 Å². The van der Waals surface area contributed by atoms with E-state index in [0.29, 0.717) is 6.04 Å². The topological polar surface area (TPSA) is 48.9 Å². The number of hydrogen-bond donors (Lipinski definition) is 2. The fourth-order valence-electron chi connectivity index (χ4n) is 3.00. The predicted octanol–water partition coefficient (Wildman–Crippen LogP) is 2.80. The number of hydrogen-bond acceptors (Lipinski definition) is 3. The first kappa shape index (κ1) is 20.5. The smallest absolute Gasteiger partial charge is 0.190 e. The lowest BCUT2D eigenvalue weighted by Gasteiger charge is -2.25. The van der Waals surface area contributed by atoms with Crippen molar-refractivity contribution in [3.8, 4) is 0 Å². The largest absolute Gasteiger partial charge is 0.377 e. The van der Waals surface area contributed by atoms with Crippen LogP contribution in [0.4, 0.5) is 0 Å². The standard InChI is InChI=1S/C21H34N4O/c1-18(25(3)17-20-7-5-4-6-8-20)9-13-23-21(22-2)24-14-10-19-11-15-26-16-12-19/h4-8,11,18H,9-10,12-17H2,1-3H3,(H2,22,23,24). The van der Waals surface area contributed by atoms with Gasteiger partial charge in [-0.3, -0.25) is 9.89 Å². The van der Waals surface area contributed by atoms with Gasteiger partial charge in [-0.05, 0) is 38.8 Å². The molecule has 144 valence electrons. The molecule has 1 aliphatic heterocycles. The fraction of sp³-hybridized carbons (Fsp3) is 0.571. The third-order valence-corrected chi connectivity index (χ3v) is 4.90. The van der Waals surface area contributed by atoms with Gasteiger partial charge in [0.25, 0.3) is 0 Å². The molecule has 2 rings (SSSR count). The van der Waals surface area contributed by atoms with Crippen LogP contribution < -0.4 is 10.6 Å². The molecular weight excluding hydrogens is 324 g/mol. The Morgan fingerprint density at radius 2 is 2.00 bits per heavy atom. The number of guanidine groups is 1. The molecule has 0 saturated carbocycles. The molecule has 2 N–H and O–H groups in total. The van der Waals surface area contributed by atoms with Crippen molar-refractivity contribution in [3.05, 3.63) is 47.5 Å². The van der Waals surface area contributed by atoms with Gasteiger partial charge in [0, 0.05) is 32.7 Å². The van der Waals surface area contributed by atoms with Crippen molar-refractivity contribution >= 4 is 5.96 Å². The van der Waals surface area contributed by atoms with Gasteiger partial charge < -0.3 is 15.4 Å². The summed E-state index contributed by atoms with van der Waals surface area (Å²) in [6, 6.07) is 11.1. The molecule has 1 aromatic carbocycles. The van der Waals surface area contributed by atoms with Crippen LogP contribution in [0, 0.1) is 0 Å². The third kappa shape index (κ3) is 7.58. The maximum Gasteiger partial charge on any atom is 0.190 e. The van der Waals surface area contributed by atoms with Crippen molar-refractivity contribution in [1.29, 1.82) is 0 Å². The lowest BCUT2D eigenvalue weighted by Crippen LogP contribution is -2.40. The minimum Gasteiger partial charge on any atom is -0.377 e. The van der Waals surface area contributed by atoms with Gasteiger partial charge >= 0.3 is 0 Å². The SMILES string of the molecule is CN=C(NCCC1=CCOCC1)NCCC(C)N(C)Cc1ccccc1. The first-order valence-electron chi connectivity index (χ1n) is 9.63. The highest BCUT2D eigenvalue weighted by molar-refractivity contribution is 5.79. The summed E-state index contributed by atoms with van der Waals surface area (Å²) in [7, 11) is 4.01. The summed E-state index contributed by atoms with van der Waals surface area (Å²) in [6.45, 7) is 6.70. The monoisotopic (exact) mass is 358 g/mol. The maximum absolute atomic E-state index is 5.34. The third-order valence-electron chi connectivity index (χ3n) is 4.90. The summed E-state index contributed by atoms with van der Waals surface area (Å²) < 4.78 is 5.34. The van der Waals surface area contributed by atoms with Crippen molar-refractivity contribution < 1.29 is 4.74 Å². The molecule has 26 heavy (non-hydrogen) atoms. The van der Waals surface area contributed by atoms with Crippen molar-refractivity contribution in [2.24, 2.45) is 4.99 Å². The van der Waals surface area contributed by atoms with Crippen LogP contribution in [0.15, 0.2) is 47.0 Å². The van der Waals surface area contributed by atoms with Gasteiger partial charge in [0.1, 0.15) is 0 Å². The van der Waals surface area contributed by atoms with Gasteiger partial charge in [-0.2, -0.15) is 0 Å². The molecule has 0 spiro atoms. The number of aliphatic imine (C=N–C) groups is 1. The molecule has 1 heterocycles. The molecule has 0 saturated heterocycles. The van der Waals surface area contributed by atoms with E-state index in [0.717, 1.165) is 58.1 Å². The van der Waals surface area contributed by atoms with Gasteiger partial charge in [-0.25, -0.2) is 0 Å². The summed E-state index contributed by atoms with van der Waals surface area (Å²) in [5.74, 6) is 0.885. The van der Waals surface area contributed by atoms with E-state index in [1.807, 2.05) is 7.05 Å². The van der Waals surface area contributed by atoms with Gasteiger partial charge in [-0.1, -0.05) is 42.0 Å². The van der Waals surface area contributed by atoms with E-state index in [2.05, 4.69) is 70.9 Å². The van der Waals surface area contributed by atoms with E-state index >= 15 is 0 Å². The second-order valence-corrected chi connectivity index (χ2v) is 6.90. The zero-order valence-electron chi connectivity index (χ0n) is 16.5. The predicted molar refractivity (Wildman–Crippen MR) is 109 cm³/mol. The summed E-state index contributed by atoms with van der Waals surface area (Å²) >= 11 is 0. The summed E-state index contributed by atoms with van der Waals surface area (Å²) in [4.78, 5) is 6.71. The molecule has 0 bridgehead atoms. The Kier molecular flexibility index (Phi) is 9.21. The quantitative estimate of drug-likeness (QED) is 0.405. The van der Waals surface area contributed by atoms with Gasteiger partial charge in [0.2, 0.25) is 0 Å². The van der Waals surface area contributed by atoms with Crippen LogP contribution >= 0.6 is 0 Å². The Labute approximate surface area is 158 Å². The zero-order valence-corrected chi connectivity index (χ0v) is 16.5. The number of rotatable bonds is 9. The number of nitrogens with zero attached hydrogens (tertiary/aromatic N) is 2. The first-order chi connectivity index (χ1) is 12.7. The molecule has 0 aliphatic carbocycles. The van der Waals surface area contributed by atoms with E-state index in [1.54, 1.807) is 0 Å². The van der Waals surface area contributed by atoms with Gasteiger partial charge in [0.05, 0.1) is 13.2 Å². The number of benzene rings is 1. The summed E-state index contributed by atoms with van der Waals surface area (Å²) in [6.07, 6.45) is 5.39. The van der Waals surface area contributed by atoms with E-state index in [-0.39, 0.29) is 0 Å². The van der Waals surface area contributed by atoms with E-state index < -0.39 is 0 Å².